The Morgan fingerprint density at radius 3 is 2.67 bits per heavy atom. The molecule has 0 saturated carbocycles. The Labute approximate surface area is 130 Å². The molecule has 7 heteroatoms. The molecule has 1 aromatic rings. The van der Waals surface area contributed by atoms with E-state index in [0.29, 0.717) is 0 Å². The van der Waals surface area contributed by atoms with Gasteiger partial charge in [0.25, 0.3) is 5.91 Å². The van der Waals surface area contributed by atoms with Crippen molar-refractivity contribution in [1.29, 1.82) is 0 Å². The molecule has 112 valence electrons. The highest BCUT2D eigenvalue weighted by Gasteiger charge is 2.18. The molecule has 0 fully saturated rings. The molecule has 2 N–H and O–H groups in total. The van der Waals surface area contributed by atoms with Gasteiger partial charge in [-0.05, 0) is 30.7 Å². The first kappa shape index (κ1) is 16.9. The molecule has 1 atom stereocenters. The number of rotatable bonds is 4. The molecule has 1 rings (SSSR count). The molecule has 0 radical (unpaired) electrons. The van der Waals surface area contributed by atoms with Crippen molar-refractivity contribution in [3.05, 3.63) is 40.4 Å². The van der Waals surface area contributed by atoms with Gasteiger partial charge in [0, 0.05) is 17.6 Å². The van der Waals surface area contributed by atoms with Crippen LogP contribution in [0.3, 0.4) is 0 Å². The maximum Gasteiger partial charge on any atom is 0.331 e. The van der Waals surface area contributed by atoms with Crippen LogP contribution in [0.1, 0.15) is 12.5 Å². The minimum Gasteiger partial charge on any atom is -0.449 e. The summed E-state index contributed by atoms with van der Waals surface area (Å²) in [6.45, 7) is 1.38. The third-order valence-electron chi connectivity index (χ3n) is 2.39. The first-order valence-electron chi connectivity index (χ1n) is 6.09. The average molecular weight is 355 g/mol. The number of ether oxygens (including phenoxy) is 1. The molecule has 0 aromatic heterocycles. The lowest BCUT2D eigenvalue weighted by Gasteiger charge is -2.11. The Morgan fingerprint density at radius 2 is 2.05 bits per heavy atom. The monoisotopic (exact) mass is 354 g/mol. The Bertz CT molecular complexity index is 572. The maximum atomic E-state index is 11.6. The van der Waals surface area contributed by atoms with Crippen molar-refractivity contribution in [3.63, 3.8) is 0 Å². The van der Waals surface area contributed by atoms with Gasteiger partial charge < -0.3 is 10.1 Å². The van der Waals surface area contributed by atoms with Crippen molar-refractivity contribution < 1.29 is 19.1 Å². The summed E-state index contributed by atoms with van der Waals surface area (Å²) in [6, 6.07) is 6.67. The highest BCUT2D eigenvalue weighted by Crippen LogP contribution is 2.12. The normalized spacial score (nSPS) is 11.8. The zero-order chi connectivity index (χ0) is 15.8. The largest absolute Gasteiger partial charge is 0.449 e. The van der Waals surface area contributed by atoms with Crippen LogP contribution in [-0.4, -0.2) is 31.1 Å². The number of imide groups is 1. The van der Waals surface area contributed by atoms with Crippen LogP contribution in [-0.2, 0) is 14.3 Å². The average Bonchev–Trinajstić information content (AvgIpc) is 2.45. The van der Waals surface area contributed by atoms with Gasteiger partial charge in [-0.2, -0.15) is 0 Å². The van der Waals surface area contributed by atoms with Crippen LogP contribution in [0, 0.1) is 0 Å². The molecule has 0 spiro atoms. The highest BCUT2D eigenvalue weighted by molar-refractivity contribution is 9.10. The fourth-order valence-electron chi connectivity index (χ4n) is 1.32. The van der Waals surface area contributed by atoms with E-state index < -0.39 is 24.0 Å². The molecule has 3 amide bonds. The number of hydrogen-bond donors (Lipinski definition) is 2. The van der Waals surface area contributed by atoms with E-state index in [0.717, 1.165) is 10.0 Å². The SMILES string of the molecule is CNC(=O)NC(=O)[C@H](C)OC(=O)/C=C/c1cccc(Br)c1. The maximum absolute atomic E-state index is 11.6. The van der Waals surface area contributed by atoms with E-state index in [1.54, 1.807) is 6.08 Å². The standard InChI is InChI=1S/C14H15BrN2O4/c1-9(13(19)17-14(20)16-2)21-12(18)7-6-10-4-3-5-11(15)8-10/h3-9H,1-2H3,(H2,16,17,19,20)/b7-6+/t9-/m0/s1. The first-order valence-corrected chi connectivity index (χ1v) is 6.88. The number of urea groups is 1. The fraction of sp³-hybridized carbons (Fsp3) is 0.214. The fourth-order valence-corrected chi connectivity index (χ4v) is 1.73. The van der Waals surface area contributed by atoms with Crippen molar-refractivity contribution in [2.24, 2.45) is 0 Å². The number of amides is 3. The summed E-state index contributed by atoms with van der Waals surface area (Å²) in [4.78, 5) is 34.0. The van der Waals surface area contributed by atoms with E-state index in [1.807, 2.05) is 29.6 Å². The minimum atomic E-state index is -1.07. The number of benzene rings is 1. The molecule has 0 bridgehead atoms. The van der Waals surface area contributed by atoms with Gasteiger partial charge >= 0.3 is 12.0 Å². The van der Waals surface area contributed by atoms with Crippen LogP contribution in [0.5, 0.6) is 0 Å². The van der Waals surface area contributed by atoms with E-state index in [4.69, 9.17) is 4.74 Å². The molecular formula is C14H15BrN2O4. The van der Waals surface area contributed by atoms with Crippen molar-refractivity contribution in [2.45, 2.75) is 13.0 Å². The number of nitrogens with one attached hydrogen (secondary N) is 2. The smallest absolute Gasteiger partial charge is 0.331 e. The van der Waals surface area contributed by atoms with Crippen LogP contribution >= 0.6 is 15.9 Å². The first-order chi connectivity index (χ1) is 9.92. The lowest BCUT2D eigenvalue weighted by Crippen LogP contribution is -2.43. The van der Waals surface area contributed by atoms with E-state index in [-0.39, 0.29) is 0 Å². The van der Waals surface area contributed by atoms with Gasteiger partial charge in [-0.25, -0.2) is 9.59 Å². The zero-order valence-electron chi connectivity index (χ0n) is 11.6. The topological polar surface area (TPSA) is 84.5 Å². The van der Waals surface area contributed by atoms with Crippen LogP contribution in [0.25, 0.3) is 6.08 Å². The van der Waals surface area contributed by atoms with E-state index in [2.05, 4.69) is 21.2 Å². The van der Waals surface area contributed by atoms with Crippen LogP contribution in [0.15, 0.2) is 34.8 Å². The van der Waals surface area contributed by atoms with Gasteiger partial charge in [0.2, 0.25) is 0 Å². The van der Waals surface area contributed by atoms with Crippen LogP contribution in [0.2, 0.25) is 0 Å². The molecular weight excluding hydrogens is 340 g/mol. The molecule has 0 saturated heterocycles. The summed E-state index contributed by atoms with van der Waals surface area (Å²) >= 11 is 3.32. The van der Waals surface area contributed by atoms with Gasteiger partial charge in [0.1, 0.15) is 0 Å². The summed E-state index contributed by atoms with van der Waals surface area (Å²) in [5.41, 5.74) is 0.809. The summed E-state index contributed by atoms with van der Waals surface area (Å²) in [5.74, 6) is -1.37. The summed E-state index contributed by atoms with van der Waals surface area (Å²) in [6.07, 6.45) is 1.71. The minimum absolute atomic E-state index is 0.660. The Morgan fingerprint density at radius 1 is 1.33 bits per heavy atom. The van der Waals surface area contributed by atoms with Crippen LogP contribution in [0.4, 0.5) is 4.79 Å². The third-order valence-corrected chi connectivity index (χ3v) is 2.88. The van der Waals surface area contributed by atoms with Crippen LogP contribution < -0.4 is 10.6 Å². The molecule has 1 aromatic carbocycles. The predicted octanol–water partition coefficient (Wildman–Crippen LogP) is 1.85. The third kappa shape index (κ3) is 6.22. The lowest BCUT2D eigenvalue weighted by atomic mass is 10.2. The summed E-state index contributed by atoms with van der Waals surface area (Å²) < 4.78 is 5.77. The number of esters is 1. The molecule has 21 heavy (non-hydrogen) atoms. The highest BCUT2D eigenvalue weighted by atomic mass is 79.9. The summed E-state index contributed by atoms with van der Waals surface area (Å²) in [7, 11) is 1.38. The molecule has 0 aliphatic heterocycles. The van der Waals surface area contributed by atoms with Gasteiger partial charge in [-0.1, -0.05) is 28.1 Å². The van der Waals surface area contributed by atoms with Crippen molar-refractivity contribution in [1.82, 2.24) is 10.6 Å². The molecule has 0 aliphatic carbocycles. The van der Waals surface area contributed by atoms with E-state index in [1.165, 1.54) is 20.0 Å². The van der Waals surface area contributed by atoms with Gasteiger partial charge in [0.05, 0.1) is 0 Å². The van der Waals surface area contributed by atoms with Gasteiger partial charge in [0.15, 0.2) is 6.10 Å². The van der Waals surface area contributed by atoms with E-state index >= 15 is 0 Å². The zero-order valence-corrected chi connectivity index (χ0v) is 13.1. The molecule has 0 aliphatic rings. The Hall–Kier alpha value is -2.15. The number of carbonyl (C=O) groups is 3. The molecule has 6 nitrogen and oxygen atoms in total. The van der Waals surface area contributed by atoms with E-state index in [9.17, 15) is 14.4 Å². The number of halogens is 1. The Kier molecular flexibility index (Phi) is 6.61. The van der Waals surface area contributed by atoms with Gasteiger partial charge in [-0.3, -0.25) is 10.1 Å². The second kappa shape index (κ2) is 8.21. The van der Waals surface area contributed by atoms with Gasteiger partial charge in [-0.15, -0.1) is 0 Å². The second-order valence-electron chi connectivity index (χ2n) is 4.04. The number of carbonyl (C=O) groups excluding carboxylic acids is 3. The summed E-state index contributed by atoms with van der Waals surface area (Å²) in [5, 5.41) is 4.25. The molecule has 0 heterocycles. The predicted molar refractivity (Wildman–Crippen MR) is 81.3 cm³/mol. The van der Waals surface area contributed by atoms with Crippen molar-refractivity contribution in [2.75, 3.05) is 7.05 Å². The molecule has 0 unspecified atom stereocenters. The van der Waals surface area contributed by atoms with Crippen molar-refractivity contribution in [3.8, 4) is 0 Å². The quantitative estimate of drug-likeness (QED) is 0.638. The Balaban J connectivity index is 2.53. The lowest BCUT2D eigenvalue weighted by molar-refractivity contribution is -0.149. The van der Waals surface area contributed by atoms with Crippen molar-refractivity contribution >= 4 is 39.9 Å². The second-order valence-corrected chi connectivity index (χ2v) is 4.95. The number of hydrogen-bond acceptors (Lipinski definition) is 4.